The van der Waals surface area contributed by atoms with Crippen LogP contribution in [0.2, 0.25) is 5.02 Å². The zero-order valence-corrected chi connectivity index (χ0v) is 23.5. The first-order valence-electron chi connectivity index (χ1n) is 13.4. The van der Waals surface area contributed by atoms with Gasteiger partial charge in [-0.1, -0.05) is 17.7 Å². The van der Waals surface area contributed by atoms with Crippen molar-refractivity contribution in [1.82, 2.24) is 25.7 Å². The normalized spacial score (nSPS) is 19.8. The molecule has 1 saturated carbocycles. The van der Waals surface area contributed by atoms with Crippen molar-refractivity contribution in [3.63, 3.8) is 0 Å². The van der Waals surface area contributed by atoms with Crippen LogP contribution in [0.5, 0.6) is 0 Å². The van der Waals surface area contributed by atoms with Gasteiger partial charge in [0.2, 0.25) is 0 Å². The van der Waals surface area contributed by atoms with Crippen LogP contribution < -0.4 is 15.5 Å². The number of carbonyl (C=O) groups excluding carboxylic acids is 2. The van der Waals surface area contributed by atoms with Gasteiger partial charge in [-0.25, -0.2) is 4.79 Å². The molecule has 10 nitrogen and oxygen atoms in total. The van der Waals surface area contributed by atoms with Crippen LogP contribution in [-0.4, -0.2) is 71.0 Å². The monoisotopic (exact) mass is 553 g/mol. The lowest BCUT2D eigenvalue weighted by molar-refractivity contribution is 0.0240. The van der Waals surface area contributed by atoms with Crippen LogP contribution in [-0.2, 0) is 11.3 Å². The first kappa shape index (κ1) is 28.6. The molecule has 2 N–H and O–H groups in total. The van der Waals surface area contributed by atoms with E-state index in [1.165, 1.54) is 0 Å². The number of carbonyl (C=O) groups is 2. The van der Waals surface area contributed by atoms with Crippen LogP contribution in [0.25, 0.3) is 0 Å². The predicted molar refractivity (Wildman–Crippen MR) is 149 cm³/mol. The third-order valence-corrected chi connectivity index (χ3v) is 7.26. The van der Waals surface area contributed by atoms with Crippen molar-refractivity contribution < 1.29 is 14.3 Å². The van der Waals surface area contributed by atoms with E-state index in [-0.39, 0.29) is 18.0 Å². The van der Waals surface area contributed by atoms with E-state index in [0.717, 1.165) is 31.2 Å². The highest BCUT2D eigenvalue weighted by atomic mass is 35.5. The molecule has 0 radical (unpaired) electrons. The van der Waals surface area contributed by atoms with Gasteiger partial charge in [0.05, 0.1) is 10.6 Å². The molecule has 2 aliphatic rings. The third-order valence-electron chi connectivity index (χ3n) is 6.95. The van der Waals surface area contributed by atoms with Gasteiger partial charge in [-0.3, -0.25) is 4.79 Å². The number of nitrogens with zero attached hydrogens (tertiary/aromatic N) is 5. The summed E-state index contributed by atoms with van der Waals surface area (Å²) < 4.78 is 5.45. The summed E-state index contributed by atoms with van der Waals surface area (Å²) in [5, 5.41) is 24.6. The molecule has 1 saturated heterocycles. The second kappa shape index (κ2) is 12.6. The molecule has 1 aromatic heterocycles. The Hall–Kier alpha value is -3.42. The van der Waals surface area contributed by atoms with Gasteiger partial charge in [-0.05, 0) is 76.3 Å². The van der Waals surface area contributed by atoms with Crippen molar-refractivity contribution in [2.45, 2.75) is 70.7 Å². The van der Waals surface area contributed by atoms with Gasteiger partial charge in [-0.2, -0.15) is 5.26 Å². The van der Waals surface area contributed by atoms with E-state index in [4.69, 9.17) is 21.6 Å². The lowest BCUT2D eigenvalue weighted by Gasteiger charge is -2.35. The van der Waals surface area contributed by atoms with Crippen LogP contribution in [0.3, 0.4) is 0 Å². The van der Waals surface area contributed by atoms with Gasteiger partial charge in [-0.15, -0.1) is 10.2 Å². The van der Waals surface area contributed by atoms with E-state index in [1.54, 1.807) is 23.1 Å². The molecule has 1 aliphatic carbocycles. The van der Waals surface area contributed by atoms with Crippen LogP contribution >= 0.6 is 11.6 Å². The summed E-state index contributed by atoms with van der Waals surface area (Å²) in [7, 11) is 0. The van der Waals surface area contributed by atoms with Crippen LogP contribution in [0.1, 0.15) is 68.1 Å². The van der Waals surface area contributed by atoms with E-state index in [1.807, 2.05) is 32.9 Å². The zero-order chi connectivity index (χ0) is 28.0. The number of aromatic nitrogens is 2. The van der Waals surface area contributed by atoms with Gasteiger partial charge in [0.15, 0.2) is 11.5 Å². The summed E-state index contributed by atoms with van der Waals surface area (Å²) in [6, 6.07) is 11.5. The fraction of sp³-hybridized carbons (Fsp3) is 0.536. The molecule has 0 spiro atoms. The minimum absolute atomic E-state index is 0.0994. The van der Waals surface area contributed by atoms with Crippen molar-refractivity contribution in [3.8, 4) is 6.07 Å². The average molecular weight is 554 g/mol. The fourth-order valence-corrected chi connectivity index (χ4v) is 5.03. The van der Waals surface area contributed by atoms with Crippen molar-refractivity contribution in [3.05, 3.63) is 52.2 Å². The van der Waals surface area contributed by atoms with Crippen molar-refractivity contribution >= 4 is 29.4 Å². The number of nitrogens with one attached hydrogen (secondary N) is 2. The molecule has 0 atom stereocenters. The van der Waals surface area contributed by atoms with E-state index in [9.17, 15) is 9.59 Å². The number of rotatable bonds is 6. The first-order valence-corrected chi connectivity index (χ1v) is 13.8. The summed E-state index contributed by atoms with van der Waals surface area (Å²) in [6.07, 6.45) is 3.36. The third kappa shape index (κ3) is 8.04. The maximum atomic E-state index is 12.8. The Labute approximate surface area is 234 Å². The van der Waals surface area contributed by atoms with E-state index in [2.05, 4.69) is 31.8 Å². The molecule has 0 bridgehead atoms. The average Bonchev–Trinajstić information content (AvgIpc) is 2.92. The highest BCUT2D eigenvalue weighted by Gasteiger charge is 2.27. The number of ether oxygens (including phenoxy) is 1. The molecule has 4 rings (SSSR count). The van der Waals surface area contributed by atoms with Crippen molar-refractivity contribution in [2.75, 3.05) is 31.1 Å². The molecular formula is C28H36ClN7O3. The number of amides is 2. The Morgan fingerprint density at radius 3 is 2.33 bits per heavy atom. The van der Waals surface area contributed by atoms with Crippen LogP contribution in [0, 0.1) is 11.3 Å². The smallest absolute Gasteiger partial charge is 0.410 e. The van der Waals surface area contributed by atoms with Crippen molar-refractivity contribution in [1.29, 1.82) is 5.26 Å². The number of piperazine rings is 1. The highest BCUT2D eigenvalue weighted by molar-refractivity contribution is 6.31. The van der Waals surface area contributed by atoms with E-state index >= 15 is 0 Å². The molecule has 1 aromatic carbocycles. The standard InChI is InChI=1S/C28H36ClN7O3/c1-28(2,3)39-27(38)36-14-12-35(13-15-36)25-11-10-24(33-34-25)26(37)32-22-8-6-21(7-9-22)31-18-19-4-5-20(17-30)23(29)16-19/h4-5,10-11,16,21-22,31H,6-9,12-15,18H2,1-3H3,(H,32,37). The Kier molecular flexibility index (Phi) is 9.25. The molecule has 2 heterocycles. The zero-order valence-electron chi connectivity index (χ0n) is 22.7. The second-order valence-electron chi connectivity index (χ2n) is 11.1. The lowest BCUT2D eigenvalue weighted by Crippen LogP contribution is -2.50. The number of nitriles is 1. The number of hydrogen-bond acceptors (Lipinski definition) is 8. The summed E-state index contributed by atoms with van der Waals surface area (Å²) in [5.74, 6) is 0.470. The summed E-state index contributed by atoms with van der Waals surface area (Å²) in [6.45, 7) is 8.57. The quantitative estimate of drug-likeness (QED) is 0.552. The Balaban J connectivity index is 1.18. The molecule has 208 valence electrons. The summed E-state index contributed by atoms with van der Waals surface area (Å²) in [5.41, 5.74) is 1.30. The maximum absolute atomic E-state index is 12.8. The Morgan fingerprint density at radius 1 is 1.05 bits per heavy atom. The van der Waals surface area contributed by atoms with Gasteiger partial charge in [0.1, 0.15) is 11.7 Å². The van der Waals surface area contributed by atoms with Crippen LogP contribution in [0.4, 0.5) is 10.6 Å². The van der Waals surface area contributed by atoms with Gasteiger partial charge >= 0.3 is 6.09 Å². The lowest BCUT2D eigenvalue weighted by atomic mass is 9.91. The minimum atomic E-state index is -0.519. The Morgan fingerprint density at radius 2 is 1.74 bits per heavy atom. The molecule has 11 heteroatoms. The molecule has 2 fully saturated rings. The summed E-state index contributed by atoms with van der Waals surface area (Å²) in [4.78, 5) is 28.8. The molecule has 0 unspecified atom stereocenters. The van der Waals surface area contributed by atoms with Gasteiger partial charge < -0.3 is 25.2 Å². The molecule has 1 aliphatic heterocycles. The highest BCUT2D eigenvalue weighted by Crippen LogP contribution is 2.21. The molecule has 39 heavy (non-hydrogen) atoms. The topological polar surface area (TPSA) is 123 Å². The first-order chi connectivity index (χ1) is 18.6. The number of hydrogen-bond donors (Lipinski definition) is 2. The van der Waals surface area contributed by atoms with Gasteiger partial charge in [0.25, 0.3) is 5.91 Å². The molecule has 2 aromatic rings. The maximum Gasteiger partial charge on any atom is 0.410 e. The molecule has 2 amide bonds. The number of anilines is 1. The second-order valence-corrected chi connectivity index (χ2v) is 11.5. The fourth-order valence-electron chi connectivity index (χ4n) is 4.78. The van der Waals surface area contributed by atoms with E-state index in [0.29, 0.717) is 60.9 Å². The van der Waals surface area contributed by atoms with E-state index < -0.39 is 5.60 Å². The SMILES string of the molecule is CC(C)(C)OC(=O)N1CCN(c2ccc(C(=O)NC3CCC(NCc4ccc(C#N)c(Cl)c4)CC3)nn2)CC1. The largest absolute Gasteiger partial charge is 0.444 e. The number of benzene rings is 1. The van der Waals surface area contributed by atoms with Crippen molar-refractivity contribution in [2.24, 2.45) is 0 Å². The Bertz CT molecular complexity index is 1190. The summed E-state index contributed by atoms with van der Waals surface area (Å²) >= 11 is 6.13. The predicted octanol–water partition coefficient (Wildman–Crippen LogP) is 3.89. The molecular weight excluding hydrogens is 518 g/mol. The van der Waals surface area contributed by atoms with Gasteiger partial charge in [0, 0.05) is 44.8 Å². The van der Waals surface area contributed by atoms with Crippen LogP contribution in [0.15, 0.2) is 30.3 Å². The minimum Gasteiger partial charge on any atom is -0.444 e. The number of halogens is 1.